The molecule has 1 saturated carbocycles. The monoisotopic (exact) mass is 390 g/mol. The molecule has 0 radical (unpaired) electrons. The maximum absolute atomic E-state index is 13.6. The van der Waals surface area contributed by atoms with E-state index in [-0.39, 0.29) is 50.9 Å². The summed E-state index contributed by atoms with van der Waals surface area (Å²) in [6.45, 7) is 0. The van der Waals surface area contributed by atoms with Crippen molar-refractivity contribution >= 4 is 29.8 Å². The number of hydrogen-bond donors (Lipinski definition) is 1. The van der Waals surface area contributed by atoms with Gasteiger partial charge in [-0.15, -0.1) is 0 Å². The van der Waals surface area contributed by atoms with E-state index < -0.39 is 17.4 Å². The summed E-state index contributed by atoms with van der Waals surface area (Å²) in [6, 6.07) is 5.61. The molecule has 1 aromatic heterocycles. The Bertz CT molecular complexity index is 856. The third kappa shape index (κ3) is 4.41. The van der Waals surface area contributed by atoms with Gasteiger partial charge in [0.15, 0.2) is 5.88 Å². The number of H-pyrrole nitrogens is 1. The Kier molecular flexibility index (Phi) is 6.62. The van der Waals surface area contributed by atoms with Crippen LogP contribution in [0.25, 0.3) is 11.4 Å². The number of halogens is 2. The van der Waals surface area contributed by atoms with Gasteiger partial charge in [0.2, 0.25) is 0 Å². The van der Waals surface area contributed by atoms with Crippen LogP contribution in [0, 0.1) is 10.5 Å². The summed E-state index contributed by atoms with van der Waals surface area (Å²) >= 11 is 10.8. The summed E-state index contributed by atoms with van der Waals surface area (Å²) in [6.07, 6.45) is 2.22. The van der Waals surface area contributed by atoms with Gasteiger partial charge >= 0.3 is 29.6 Å². The largest absolute Gasteiger partial charge is 1.00 e. The number of aliphatic carboxylic acids is 1. The zero-order valence-corrected chi connectivity index (χ0v) is 17.0. The number of benzene rings is 1. The molecule has 1 fully saturated rings. The topological polar surface area (TPSA) is 78.0 Å². The van der Waals surface area contributed by atoms with E-state index in [1.807, 2.05) is 0 Å². The minimum absolute atomic E-state index is 0. The van der Waals surface area contributed by atoms with Gasteiger partial charge in [-0.3, -0.25) is 0 Å². The number of carboxylic acid groups (broad SMARTS) is 1. The molecule has 0 aliphatic heterocycles. The second-order valence-corrected chi connectivity index (χ2v) is 6.48. The van der Waals surface area contributed by atoms with Crippen molar-refractivity contribution in [3.8, 4) is 17.3 Å². The van der Waals surface area contributed by atoms with Crippen molar-refractivity contribution in [3.05, 3.63) is 39.7 Å². The number of aromatic amines is 1. The molecule has 0 spiro atoms. The molecule has 3 rings (SSSR count). The fourth-order valence-electron chi connectivity index (χ4n) is 2.77. The minimum Gasteiger partial charge on any atom is -0.546 e. The predicted molar refractivity (Wildman–Crippen MR) is 86.7 cm³/mol. The van der Waals surface area contributed by atoms with Crippen molar-refractivity contribution in [2.45, 2.75) is 31.3 Å². The Balaban J connectivity index is 0.00000225. The van der Waals surface area contributed by atoms with Crippen molar-refractivity contribution in [2.24, 2.45) is 0 Å². The number of nitrogens with one attached hydrogen (secondary N) is 1. The third-order valence-corrected chi connectivity index (χ3v) is 4.52. The fraction of sp³-hybridized carbons (Fsp3) is 0.312. The van der Waals surface area contributed by atoms with Crippen LogP contribution in [-0.4, -0.2) is 21.5 Å². The molecule has 0 unspecified atom stereocenters. The smallest absolute Gasteiger partial charge is 0.546 e. The maximum atomic E-state index is 13.6. The minimum atomic E-state index is -1.37. The fourth-order valence-corrected chi connectivity index (χ4v) is 3.09. The SMILES string of the molecule is O=C([O-])C1(Oc2cc(=S)nc(-c3ccc(Cl)c(F)c3)[nH]2)CCCC1.[Na+]. The molecule has 1 aromatic carbocycles. The summed E-state index contributed by atoms with van der Waals surface area (Å²) in [4.78, 5) is 18.5. The first kappa shape index (κ1) is 20.3. The van der Waals surface area contributed by atoms with E-state index in [2.05, 4.69) is 9.97 Å². The summed E-state index contributed by atoms with van der Waals surface area (Å²) in [7, 11) is 0. The summed E-state index contributed by atoms with van der Waals surface area (Å²) in [5.74, 6) is -1.43. The Morgan fingerprint density at radius 3 is 2.64 bits per heavy atom. The number of carboxylic acids is 1. The Morgan fingerprint density at radius 1 is 1.36 bits per heavy atom. The summed E-state index contributed by atoms with van der Waals surface area (Å²) in [5.41, 5.74) is -0.954. The van der Waals surface area contributed by atoms with Gasteiger partial charge in [-0.2, -0.15) is 0 Å². The molecule has 1 aliphatic carbocycles. The van der Waals surface area contributed by atoms with Gasteiger partial charge in [0.05, 0.1) is 11.0 Å². The number of nitrogens with zero attached hydrogens (tertiary/aromatic N) is 1. The molecule has 9 heteroatoms. The molecule has 25 heavy (non-hydrogen) atoms. The van der Waals surface area contributed by atoms with Crippen LogP contribution in [0.5, 0.6) is 5.88 Å². The van der Waals surface area contributed by atoms with Gasteiger partial charge in [-0.05, 0) is 43.9 Å². The molecule has 1 N–H and O–H groups in total. The average molecular weight is 391 g/mol. The standard InChI is InChI=1S/C16H14ClFN2O3S.Na/c17-10-4-3-9(7-11(10)18)14-19-12(8-13(24)20-14)23-16(15(21)22)5-1-2-6-16;/h3-4,7-8H,1-2,5-6H2,(H,21,22)(H,19,20,24);/q;+1/p-1. The Hall–Kier alpha value is -0.990. The van der Waals surface area contributed by atoms with Crippen LogP contribution in [0.3, 0.4) is 0 Å². The molecule has 126 valence electrons. The first-order chi connectivity index (χ1) is 11.4. The van der Waals surface area contributed by atoms with Gasteiger partial charge < -0.3 is 19.6 Å². The Labute approximate surface area is 175 Å². The van der Waals surface area contributed by atoms with Crippen molar-refractivity contribution < 1.29 is 48.6 Å². The molecule has 1 aliphatic rings. The van der Waals surface area contributed by atoms with Crippen LogP contribution < -0.4 is 39.4 Å². The quantitative estimate of drug-likeness (QED) is 0.589. The van der Waals surface area contributed by atoms with E-state index >= 15 is 0 Å². The molecule has 0 atom stereocenters. The third-order valence-electron chi connectivity index (χ3n) is 4.00. The molecule has 1 heterocycles. The van der Waals surface area contributed by atoms with Gasteiger partial charge in [0.1, 0.15) is 21.9 Å². The molecule has 5 nitrogen and oxygen atoms in total. The van der Waals surface area contributed by atoms with E-state index in [0.717, 1.165) is 12.8 Å². The van der Waals surface area contributed by atoms with Crippen LogP contribution in [0.15, 0.2) is 24.3 Å². The molecular formula is C16H13ClFN2NaO3S. The van der Waals surface area contributed by atoms with Gasteiger partial charge in [0, 0.05) is 11.6 Å². The second-order valence-electron chi connectivity index (χ2n) is 5.65. The zero-order valence-electron chi connectivity index (χ0n) is 13.5. The molecule has 0 bridgehead atoms. The number of aromatic nitrogens is 2. The van der Waals surface area contributed by atoms with Crippen LogP contribution in [0.4, 0.5) is 4.39 Å². The maximum Gasteiger partial charge on any atom is 1.00 e. The summed E-state index contributed by atoms with van der Waals surface area (Å²) in [5, 5.41) is 11.5. The van der Waals surface area contributed by atoms with E-state index in [1.54, 1.807) is 6.07 Å². The second kappa shape index (κ2) is 8.14. The predicted octanol–water partition coefficient (Wildman–Crippen LogP) is 0.0442. The van der Waals surface area contributed by atoms with Gasteiger partial charge in [-0.1, -0.05) is 23.8 Å². The molecular weight excluding hydrogens is 378 g/mol. The summed E-state index contributed by atoms with van der Waals surface area (Å²) < 4.78 is 19.5. The number of hydrogen-bond acceptors (Lipinski definition) is 5. The van der Waals surface area contributed by atoms with Crippen LogP contribution in [-0.2, 0) is 4.79 Å². The average Bonchev–Trinajstić information content (AvgIpc) is 2.99. The first-order valence-corrected chi connectivity index (χ1v) is 8.15. The van der Waals surface area contributed by atoms with E-state index in [4.69, 9.17) is 28.6 Å². The van der Waals surface area contributed by atoms with E-state index in [9.17, 15) is 14.3 Å². The van der Waals surface area contributed by atoms with Crippen molar-refractivity contribution in [1.29, 1.82) is 0 Å². The van der Waals surface area contributed by atoms with Crippen LogP contribution in [0.1, 0.15) is 25.7 Å². The number of carbonyl (C=O) groups is 1. The Morgan fingerprint density at radius 2 is 2.04 bits per heavy atom. The molecule has 0 saturated heterocycles. The van der Waals surface area contributed by atoms with Crippen LogP contribution in [0.2, 0.25) is 5.02 Å². The number of rotatable bonds is 4. The molecule has 0 amide bonds. The normalized spacial score (nSPS) is 15.4. The number of carbonyl (C=O) groups excluding carboxylic acids is 1. The van der Waals surface area contributed by atoms with E-state index in [1.165, 1.54) is 18.2 Å². The molecule has 2 aromatic rings. The first-order valence-electron chi connectivity index (χ1n) is 7.37. The van der Waals surface area contributed by atoms with Crippen molar-refractivity contribution in [1.82, 2.24) is 9.97 Å². The van der Waals surface area contributed by atoms with Crippen molar-refractivity contribution in [2.75, 3.05) is 0 Å². The van der Waals surface area contributed by atoms with Crippen molar-refractivity contribution in [3.63, 3.8) is 0 Å². The zero-order chi connectivity index (χ0) is 17.3. The van der Waals surface area contributed by atoms with Gasteiger partial charge in [-0.25, -0.2) is 9.37 Å². The van der Waals surface area contributed by atoms with Crippen LogP contribution >= 0.6 is 23.8 Å². The van der Waals surface area contributed by atoms with E-state index in [0.29, 0.717) is 18.4 Å². The van der Waals surface area contributed by atoms with Gasteiger partial charge in [0.25, 0.3) is 0 Å². The number of ether oxygens (including phenoxy) is 1.